The molecule has 14 heavy (non-hydrogen) atoms. The summed E-state index contributed by atoms with van der Waals surface area (Å²) in [5.41, 5.74) is 0. The van der Waals surface area contributed by atoms with Gasteiger partial charge < -0.3 is 15.2 Å². The lowest BCUT2D eigenvalue weighted by molar-refractivity contribution is 0.475. The third-order valence-corrected chi connectivity index (χ3v) is 3.06. The molecule has 1 aliphatic rings. The second-order valence-corrected chi connectivity index (χ2v) is 4.78. The van der Waals surface area contributed by atoms with Crippen LogP contribution in [0.3, 0.4) is 0 Å². The van der Waals surface area contributed by atoms with E-state index in [1.165, 1.54) is 25.7 Å². The van der Waals surface area contributed by atoms with Crippen molar-refractivity contribution < 1.29 is 8.76 Å². The maximum Gasteiger partial charge on any atom is 0.154 e. The second kappa shape index (κ2) is 7.34. The van der Waals surface area contributed by atoms with Crippen LogP contribution in [-0.4, -0.2) is 40.2 Å². The predicted molar refractivity (Wildman–Crippen MR) is 58.8 cm³/mol. The maximum absolute atomic E-state index is 10.4. The van der Waals surface area contributed by atoms with Crippen LogP contribution in [0.5, 0.6) is 0 Å². The molecule has 84 valence electrons. The van der Waals surface area contributed by atoms with Gasteiger partial charge in [0, 0.05) is 19.1 Å². The van der Waals surface area contributed by atoms with Gasteiger partial charge in [-0.3, -0.25) is 0 Å². The van der Waals surface area contributed by atoms with E-state index in [1.807, 2.05) is 0 Å². The van der Waals surface area contributed by atoms with Gasteiger partial charge in [-0.15, -0.1) is 0 Å². The molecular formula is C9H20N2O2S. The van der Waals surface area contributed by atoms with Crippen molar-refractivity contribution >= 4 is 11.1 Å². The quantitative estimate of drug-likeness (QED) is 0.461. The summed E-state index contributed by atoms with van der Waals surface area (Å²) in [5, 5.41) is 6.67. The summed E-state index contributed by atoms with van der Waals surface area (Å²) in [6.45, 7) is 2.65. The van der Waals surface area contributed by atoms with Crippen LogP contribution in [0, 0.1) is 0 Å². The highest BCUT2D eigenvalue weighted by atomic mass is 32.2. The van der Waals surface area contributed by atoms with Gasteiger partial charge in [0.2, 0.25) is 0 Å². The summed E-state index contributed by atoms with van der Waals surface area (Å²) in [6.07, 6.45) is 5.11. The molecule has 2 unspecified atom stereocenters. The minimum atomic E-state index is -1.66. The second-order valence-electron chi connectivity index (χ2n) is 3.73. The SMILES string of the molecule is O=S(O)CCNCC1CCCCCN1. The first-order chi connectivity index (χ1) is 6.79. The van der Waals surface area contributed by atoms with Gasteiger partial charge in [0.15, 0.2) is 11.1 Å². The first-order valence-corrected chi connectivity index (χ1v) is 6.58. The molecule has 0 aromatic heterocycles. The fraction of sp³-hybridized carbons (Fsp3) is 1.00. The van der Waals surface area contributed by atoms with E-state index in [-0.39, 0.29) is 0 Å². The van der Waals surface area contributed by atoms with E-state index in [4.69, 9.17) is 4.55 Å². The maximum atomic E-state index is 10.4. The molecule has 3 N–H and O–H groups in total. The van der Waals surface area contributed by atoms with Crippen LogP contribution in [0.15, 0.2) is 0 Å². The molecule has 1 rings (SSSR count). The third-order valence-electron chi connectivity index (χ3n) is 2.51. The highest BCUT2D eigenvalue weighted by molar-refractivity contribution is 7.79. The van der Waals surface area contributed by atoms with Gasteiger partial charge in [-0.25, -0.2) is 4.21 Å². The molecule has 1 aliphatic heterocycles. The Hall–Kier alpha value is 0.0300. The Morgan fingerprint density at radius 3 is 3.07 bits per heavy atom. The lowest BCUT2D eigenvalue weighted by Gasteiger charge is -2.15. The van der Waals surface area contributed by atoms with Crippen molar-refractivity contribution in [2.75, 3.05) is 25.4 Å². The molecular weight excluding hydrogens is 200 g/mol. The zero-order valence-corrected chi connectivity index (χ0v) is 9.31. The molecule has 0 aliphatic carbocycles. The van der Waals surface area contributed by atoms with Crippen LogP contribution >= 0.6 is 0 Å². The minimum Gasteiger partial charge on any atom is -0.314 e. The summed E-state index contributed by atoms with van der Waals surface area (Å²) in [4.78, 5) is 0. The van der Waals surface area contributed by atoms with Gasteiger partial charge >= 0.3 is 0 Å². The van der Waals surface area contributed by atoms with Gasteiger partial charge in [0.25, 0.3) is 0 Å². The number of rotatable bonds is 5. The van der Waals surface area contributed by atoms with Crippen molar-refractivity contribution in [3.63, 3.8) is 0 Å². The molecule has 2 atom stereocenters. The van der Waals surface area contributed by atoms with E-state index < -0.39 is 11.1 Å². The Labute approximate surface area is 88.1 Å². The first-order valence-electron chi connectivity index (χ1n) is 5.30. The molecule has 1 heterocycles. The monoisotopic (exact) mass is 220 g/mol. The normalized spacial score (nSPS) is 25.6. The van der Waals surface area contributed by atoms with Crippen LogP contribution in [-0.2, 0) is 11.1 Å². The molecule has 0 spiro atoms. The number of nitrogens with one attached hydrogen (secondary N) is 2. The molecule has 0 bridgehead atoms. The van der Waals surface area contributed by atoms with Crippen LogP contribution in [0.1, 0.15) is 25.7 Å². The zero-order valence-electron chi connectivity index (χ0n) is 8.50. The summed E-state index contributed by atoms with van der Waals surface area (Å²) < 4.78 is 18.9. The van der Waals surface area contributed by atoms with E-state index in [2.05, 4.69) is 10.6 Å². The van der Waals surface area contributed by atoms with Gasteiger partial charge in [-0.1, -0.05) is 12.8 Å². The van der Waals surface area contributed by atoms with Crippen molar-refractivity contribution in [2.45, 2.75) is 31.7 Å². The van der Waals surface area contributed by atoms with E-state index in [0.29, 0.717) is 18.3 Å². The summed E-state index contributed by atoms with van der Waals surface area (Å²) in [6, 6.07) is 0.546. The highest BCUT2D eigenvalue weighted by Gasteiger charge is 2.10. The molecule has 0 amide bonds. The number of hydrogen-bond donors (Lipinski definition) is 3. The van der Waals surface area contributed by atoms with E-state index >= 15 is 0 Å². The van der Waals surface area contributed by atoms with Crippen LogP contribution in [0.4, 0.5) is 0 Å². The van der Waals surface area contributed by atoms with E-state index in [1.54, 1.807) is 0 Å². The lowest BCUT2D eigenvalue weighted by atomic mass is 10.1. The third kappa shape index (κ3) is 5.70. The molecule has 0 aromatic rings. The molecule has 0 saturated carbocycles. The van der Waals surface area contributed by atoms with Crippen molar-refractivity contribution in [1.29, 1.82) is 0 Å². The predicted octanol–water partition coefficient (Wildman–Crippen LogP) is 0.330. The Kier molecular flexibility index (Phi) is 6.34. The van der Waals surface area contributed by atoms with Gasteiger partial charge in [-0.2, -0.15) is 0 Å². The van der Waals surface area contributed by atoms with Gasteiger partial charge in [-0.05, 0) is 19.4 Å². The van der Waals surface area contributed by atoms with Crippen LogP contribution < -0.4 is 10.6 Å². The van der Waals surface area contributed by atoms with Gasteiger partial charge in [0.05, 0.1) is 5.75 Å². The molecule has 4 nitrogen and oxygen atoms in total. The van der Waals surface area contributed by atoms with Crippen molar-refractivity contribution in [3.05, 3.63) is 0 Å². The molecule has 5 heteroatoms. The summed E-state index contributed by atoms with van der Waals surface area (Å²) in [5.74, 6) is 0.326. The van der Waals surface area contributed by atoms with Crippen LogP contribution in [0.25, 0.3) is 0 Å². The van der Waals surface area contributed by atoms with Crippen molar-refractivity contribution in [2.24, 2.45) is 0 Å². The zero-order chi connectivity index (χ0) is 10.2. The Bertz CT molecular complexity index is 170. The van der Waals surface area contributed by atoms with E-state index in [9.17, 15) is 4.21 Å². The Morgan fingerprint density at radius 1 is 1.43 bits per heavy atom. The minimum absolute atomic E-state index is 0.326. The molecule has 0 aromatic carbocycles. The standard InChI is InChI=1S/C9H20N2O2S/c12-14(13)7-6-10-8-9-4-2-1-3-5-11-9/h9-11H,1-8H2,(H,12,13). The number of hydrogen-bond acceptors (Lipinski definition) is 3. The van der Waals surface area contributed by atoms with Crippen LogP contribution in [0.2, 0.25) is 0 Å². The Balaban J connectivity index is 2.01. The topological polar surface area (TPSA) is 61.4 Å². The van der Waals surface area contributed by atoms with Crippen molar-refractivity contribution in [3.8, 4) is 0 Å². The Morgan fingerprint density at radius 2 is 2.29 bits per heavy atom. The molecule has 1 saturated heterocycles. The summed E-state index contributed by atoms with van der Waals surface area (Å²) >= 11 is -1.66. The smallest absolute Gasteiger partial charge is 0.154 e. The fourth-order valence-corrected chi connectivity index (χ4v) is 2.03. The first kappa shape index (κ1) is 12.1. The lowest BCUT2D eigenvalue weighted by Crippen LogP contribution is -2.39. The fourth-order valence-electron chi connectivity index (χ4n) is 1.71. The molecule has 1 fully saturated rings. The summed E-state index contributed by atoms with van der Waals surface area (Å²) in [7, 11) is 0. The van der Waals surface area contributed by atoms with Gasteiger partial charge in [0.1, 0.15) is 0 Å². The average Bonchev–Trinajstić information content (AvgIpc) is 2.40. The highest BCUT2D eigenvalue weighted by Crippen LogP contribution is 2.07. The van der Waals surface area contributed by atoms with Crippen molar-refractivity contribution in [1.82, 2.24) is 10.6 Å². The average molecular weight is 220 g/mol. The largest absolute Gasteiger partial charge is 0.314 e. The molecule has 0 radical (unpaired) electrons. The van der Waals surface area contributed by atoms with E-state index in [0.717, 1.165) is 13.1 Å².